The van der Waals surface area contributed by atoms with Crippen LogP contribution in [0.15, 0.2) is 48.5 Å². The second-order valence-electron chi connectivity index (χ2n) is 34.6. The van der Waals surface area contributed by atoms with E-state index in [1.165, 1.54) is 22.3 Å². The Labute approximate surface area is 543 Å². The van der Waals surface area contributed by atoms with Crippen molar-refractivity contribution in [2.24, 2.45) is 0 Å². The monoisotopic (exact) mass is 1280 g/mol. The van der Waals surface area contributed by atoms with Gasteiger partial charge < -0.3 is 41.7 Å². The van der Waals surface area contributed by atoms with E-state index in [9.17, 15) is 20.4 Å². The number of hydrogen-bond acceptors (Lipinski definition) is 4. The number of rotatable bonds is 4. The maximum atomic E-state index is 12.7. The molecule has 0 fully saturated rings. The summed E-state index contributed by atoms with van der Waals surface area (Å²) in [7, 11) is 0. The Kier molecular flexibility index (Phi) is 27.5. The molecule has 0 aliphatic rings. The molecule has 456 valence electrons. The molecular weight excluding hydrogens is 1170 g/mol. The van der Waals surface area contributed by atoms with Crippen molar-refractivity contribution in [2.45, 2.75) is 315 Å². The van der Waals surface area contributed by atoms with E-state index in [-0.39, 0.29) is 141 Å². The second kappa shape index (κ2) is 27.8. The number of benzene rings is 4. The number of nitrogens with zero attached hydrogens (tertiary/aromatic N) is 4. The Balaban J connectivity index is 0. The Morgan fingerprint density at radius 3 is 0.415 bits per heavy atom. The topological polar surface area (TPSA) is 149 Å². The molecule has 0 aliphatic heterocycles. The molecule has 4 aromatic carbocycles. The third-order valence-electron chi connectivity index (χ3n) is 12.8. The zero-order chi connectivity index (χ0) is 63.7. The average molecular weight is 1280 g/mol. The van der Waals surface area contributed by atoms with Crippen LogP contribution in [-0.2, 0) is 95.7 Å². The van der Waals surface area contributed by atoms with Gasteiger partial charge in [0, 0.05) is 0 Å². The second-order valence-corrected chi connectivity index (χ2v) is 34.6. The van der Waals surface area contributed by atoms with Crippen LogP contribution in [0.5, 0.6) is 23.0 Å². The van der Waals surface area contributed by atoms with Gasteiger partial charge in [-0.25, -0.2) is 0 Å². The maximum Gasteiger partial charge on any atom is 4.00 e. The standard InChI is InChI=1S/4C18H30NO.2Zr/c4*1-16(2,3)12-10-13(17(4,5)6)15(20)14(11-12)19-18(7,8)9;;/h4*10-11,20H,1-9H3;;/q4*-1;2*+4/p-4. The van der Waals surface area contributed by atoms with E-state index in [0.717, 1.165) is 22.3 Å². The minimum Gasteiger partial charge on any atom is -0.873 e. The fraction of sp³-hybridized carbons (Fsp3) is 0.667. The molecule has 0 N–H and O–H groups in total. The van der Waals surface area contributed by atoms with Gasteiger partial charge in [-0.3, -0.25) is 0 Å². The molecule has 8 nitrogen and oxygen atoms in total. The van der Waals surface area contributed by atoms with Gasteiger partial charge in [0.25, 0.3) is 0 Å². The summed E-state index contributed by atoms with van der Waals surface area (Å²) in [6.45, 7) is 75.2. The van der Waals surface area contributed by atoms with Crippen molar-refractivity contribution in [2.75, 3.05) is 0 Å². The molecule has 0 amide bonds. The van der Waals surface area contributed by atoms with E-state index in [4.69, 9.17) is 0 Å². The predicted molar refractivity (Wildman–Crippen MR) is 344 cm³/mol. The smallest absolute Gasteiger partial charge is 0.873 e. The van der Waals surface area contributed by atoms with Gasteiger partial charge in [-0.2, -0.15) is 0 Å². The Morgan fingerprint density at radius 2 is 0.329 bits per heavy atom. The zero-order valence-electron chi connectivity index (χ0n) is 59.0. The van der Waals surface area contributed by atoms with Crippen LogP contribution in [0, 0.1) is 0 Å². The van der Waals surface area contributed by atoms with Gasteiger partial charge in [0.2, 0.25) is 0 Å². The van der Waals surface area contributed by atoms with Gasteiger partial charge >= 0.3 is 52.4 Å². The summed E-state index contributed by atoms with van der Waals surface area (Å²) in [6.07, 6.45) is 0. The molecule has 0 aromatic heterocycles. The molecule has 0 atom stereocenters. The summed E-state index contributed by atoms with van der Waals surface area (Å²) in [4.78, 5) is 0. The van der Waals surface area contributed by atoms with Crippen molar-refractivity contribution in [3.05, 3.63) is 114 Å². The summed E-state index contributed by atoms with van der Waals surface area (Å²) in [5.41, 5.74) is 8.87. The fourth-order valence-electron chi connectivity index (χ4n) is 8.19. The van der Waals surface area contributed by atoms with E-state index in [2.05, 4.69) is 212 Å². The molecule has 0 aliphatic carbocycles. The quantitative estimate of drug-likeness (QED) is 0.200. The SMILES string of the molecule is CC(C)(C)[N-]c1cc(C(C)(C)C)cc(C(C)(C)C)c1[O-].CC(C)(C)[N-]c1cc(C(C)(C)C)cc(C(C)(C)C)c1[O-].CC(C)(C)[N-]c1cc(C(C)(C)C)cc(C(C)(C)C)c1[O-].CC(C)(C)[N-]c1cc(C(C)(C)C)cc(C(C)(C)C)c1[O-].[Zr+4].[Zr+4]. The fourth-order valence-corrected chi connectivity index (χ4v) is 8.19. The van der Waals surface area contributed by atoms with Crippen LogP contribution in [0.1, 0.15) is 294 Å². The summed E-state index contributed by atoms with van der Waals surface area (Å²) >= 11 is 0. The van der Waals surface area contributed by atoms with Crippen molar-refractivity contribution in [1.82, 2.24) is 0 Å². The minimum atomic E-state index is -0.245. The molecule has 4 rings (SSSR count). The molecule has 0 saturated carbocycles. The van der Waals surface area contributed by atoms with Gasteiger partial charge in [-0.05, 0) is 65.6 Å². The van der Waals surface area contributed by atoms with Crippen LogP contribution in [0.25, 0.3) is 21.3 Å². The van der Waals surface area contributed by atoms with E-state index in [0.29, 0.717) is 22.7 Å². The molecule has 0 unspecified atom stereocenters. The Bertz CT molecular complexity index is 2310. The van der Waals surface area contributed by atoms with Crippen LogP contribution in [0.3, 0.4) is 0 Å². The first kappa shape index (κ1) is 81.1. The normalized spacial score (nSPS) is 13.1. The van der Waals surface area contributed by atoms with E-state index in [1.54, 1.807) is 0 Å². The number of hydrogen-bond donors (Lipinski definition) is 0. The van der Waals surface area contributed by atoms with E-state index >= 15 is 0 Å². The van der Waals surface area contributed by atoms with Crippen molar-refractivity contribution < 1.29 is 72.8 Å². The Hall–Kier alpha value is -2.95. The predicted octanol–water partition coefficient (Wildman–Crippen LogP) is 20.6. The van der Waals surface area contributed by atoms with Gasteiger partial charge in [0.1, 0.15) is 0 Å². The molecular formula is C72H116N4O4Zr2. The van der Waals surface area contributed by atoms with Gasteiger partial charge in [-0.15, -0.1) is 67.9 Å². The van der Waals surface area contributed by atoms with Crippen LogP contribution < -0.4 is 20.4 Å². The molecule has 0 spiro atoms. The molecule has 82 heavy (non-hydrogen) atoms. The minimum absolute atomic E-state index is 0. The van der Waals surface area contributed by atoms with Crippen LogP contribution in [-0.4, -0.2) is 22.2 Å². The van der Waals surface area contributed by atoms with Gasteiger partial charge in [0.05, 0.1) is 0 Å². The summed E-state index contributed by atoms with van der Waals surface area (Å²) in [6, 6.07) is 16.1. The average Bonchev–Trinajstić information content (AvgIpc) is 3.16. The first-order valence-corrected chi connectivity index (χ1v) is 29.2. The molecule has 0 heterocycles. The van der Waals surface area contributed by atoms with Gasteiger partial charge in [0.15, 0.2) is 0 Å². The first-order chi connectivity index (χ1) is 34.9. The van der Waals surface area contributed by atoms with E-state index < -0.39 is 0 Å². The van der Waals surface area contributed by atoms with Gasteiger partial charge in [-0.1, -0.05) is 320 Å². The third kappa shape index (κ3) is 26.8. The largest absolute Gasteiger partial charge is 4.00 e. The molecule has 0 radical (unpaired) electrons. The summed E-state index contributed by atoms with van der Waals surface area (Å²) in [5.74, 6) is 0.279. The van der Waals surface area contributed by atoms with Crippen molar-refractivity contribution in [1.29, 1.82) is 0 Å². The van der Waals surface area contributed by atoms with Crippen LogP contribution in [0.2, 0.25) is 0 Å². The molecule has 0 bridgehead atoms. The van der Waals surface area contributed by atoms with Crippen molar-refractivity contribution in [3.8, 4) is 23.0 Å². The van der Waals surface area contributed by atoms with Crippen molar-refractivity contribution in [3.63, 3.8) is 0 Å². The summed E-state index contributed by atoms with van der Waals surface area (Å²) < 4.78 is 0. The maximum absolute atomic E-state index is 12.7. The molecule has 0 saturated heterocycles. The van der Waals surface area contributed by atoms with E-state index in [1.807, 2.05) is 107 Å². The third-order valence-corrected chi connectivity index (χ3v) is 12.8. The Morgan fingerprint density at radius 1 is 0.207 bits per heavy atom. The summed E-state index contributed by atoms with van der Waals surface area (Å²) in [5, 5.41) is 69.2. The van der Waals surface area contributed by atoms with Crippen molar-refractivity contribution >= 4 is 22.7 Å². The first-order valence-electron chi connectivity index (χ1n) is 29.2. The zero-order valence-corrected chi connectivity index (χ0v) is 64.0. The molecule has 10 heteroatoms. The molecule has 4 aromatic rings. The van der Waals surface area contributed by atoms with Crippen LogP contribution in [0.4, 0.5) is 22.7 Å². The van der Waals surface area contributed by atoms with Crippen LogP contribution >= 0.6 is 0 Å².